The van der Waals surface area contributed by atoms with Crippen molar-refractivity contribution in [3.05, 3.63) is 0 Å². The molecule has 0 aromatic rings. The Hall–Kier alpha value is -0.370. The number of hydrogen-bond acceptors (Lipinski definition) is 2. The SMILES string of the molecule is CNC(C(C)=N)C1CCCC1. The summed E-state index contributed by atoms with van der Waals surface area (Å²) in [4.78, 5) is 0. The van der Waals surface area contributed by atoms with Gasteiger partial charge in [0.2, 0.25) is 0 Å². The molecule has 2 heteroatoms. The predicted octanol–water partition coefficient (Wildman–Crippen LogP) is 1.80. The summed E-state index contributed by atoms with van der Waals surface area (Å²) >= 11 is 0. The number of rotatable bonds is 3. The third-order valence-corrected chi connectivity index (χ3v) is 2.65. The summed E-state index contributed by atoms with van der Waals surface area (Å²) in [5.74, 6) is 0.734. The van der Waals surface area contributed by atoms with E-state index in [9.17, 15) is 0 Å². The molecule has 11 heavy (non-hydrogen) atoms. The van der Waals surface area contributed by atoms with E-state index in [1.165, 1.54) is 25.7 Å². The molecular weight excluding hydrogens is 136 g/mol. The first kappa shape index (κ1) is 8.72. The van der Waals surface area contributed by atoms with Crippen LogP contribution < -0.4 is 5.32 Å². The molecule has 0 saturated heterocycles. The summed E-state index contributed by atoms with van der Waals surface area (Å²) in [7, 11) is 1.96. The van der Waals surface area contributed by atoms with Crippen molar-refractivity contribution in [2.75, 3.05) is 7.05 Å². The highest BCUT2D eigenvalue weighted by molar-refractivity contribution is 5.84. The van der Waals surface area contributed by atoms with Crippen molar-refractivity contribution >= 4 is 5.71 Å². The average Bonchev–Trinajstić information content (AvgIpc) is 2.40. The first-order valence-electron chi connectivity index (χ1n) is 4.48. The second-order valence-corrected chi connectivity index (χ2v) is 3.49. The van der Waals surface area contributed by atoms with E-state index in [4.69, 9.17) is 5.41 Å². The summed E-state index contributed by atoms with van der Waals surface area (Å²) in [6, 6.07) is 0.345. The molecule has 0 aromatic carbocycles. The lowest BCUT2D eigenvalue weighted by Gasteiger charge is -2.21. The Balaban J connectivity index is 2.46. The minimum atomic E-state index is 0.345. The fourth-order valence-electron chi connectivity index (χ4n) is 2.10. The van der Waals surface area contributed by atoms with Crippen LogP contribution in [-0.2, 0) is 0 Å². The first-order valence-corrected chi connectivity index (χ1v) is 4.48. The summed E-state index contributed by atoms with van der Waals surface area (Å²) < 4.78 is 0. The highest BCUT2D eigenvalue weighted by atomic mass is 14.9. The Bertz CT molecular complexity index is 136. The Morgan fingerprint density at radius 3 is 2.36 bits per heavy atom. The molecule has 1 saturated carbocycles. The molecule has 0 amide bonds. The highest BCUT2D eigenvalue weighted by Crippen LogP contribution is 2.27. The molecule has 1 aliphatic rings. The number of nitrogens with one attached hydrogen (secondary N) is 2. The zero-order valence-corrected chi connectivity index (χ0v) is 7.48. The van der Waals surface area contributed by atoms with Crippen molar-refractivity contribution in [1.29, 1.82) is 5.41 Å². The molecule has 0 radical (unpaired) electrons. The van der Waals surface area contributed by atoms with Gasteiger partial charge >= 0.3 is 0 Å². The second-order valence-electron chi connectivity index (χ2n) is 3.49. The molecule has 1 rings (SSSR count). The third kappa shape index (κ3) is 2.03. The summed E-state index contributed by atoms with van der Waals surface area (Å²) in [5, 5.41) is 10.8. The quantitative estimate of drug-likeness (QED) is 0.597. The van der Waals surface area contributed by atoms with Crippen molar-refractivity contribution in [1.82, 2.24) is 5.32 Å². The van der Waals surface area contributed by atoms with E-state index < -0.39 is 0 Å². The maximum absolute atomic E-state index is 7.55. The Labute approximate surface area is 68.9 Å². The van der Waals surface area contributed by atoms with Crippen LogP contribution >= 0.6 is 0 Å². The lowest BCUT2D eigenvalue weighted by Crippen LogP contribution is -2.38. The maximum atomic E-state index is 7.55. The minimum absolute atomic E-state index is 0.345. The molecule has 0 spiro atoms. The van der Waals surface area contributed by atoms with Gasteiger partial charge in [0, 0.05) is 11.8 Å². The van der Waals surface area contributed by atoms with Crippen molar-refractivity contribution in [3.8, 4) is 0 Å². The van der Waals surface area contributed by atoms with Gasteiger partial charge in [-0.05, 0) is 32.7 Å². The van der Waals surface area contributed by atoms with Crippen LogP contribution in [-0.4, -0.2) is 18.8 Å². The van der Waals surface area contributed by atoms with E-state index in [1.807, 2.05) is 14.0 Å². The predicted molar refractivity (Wildman–Crippen MR) is 48.2 cm³/mol. The van der Waals surface area contributed by atoms with E-state index in [-0.39, 0.29) is 0 Å². The molecule has 1 atom stereocenters. The fourth-order valence-corrected chi connectivity index (χ4v) is 2.10. The highest BCUT2D eigenvalue weighted by Gasteiger charge is 2.24. The van der Waals surface area contributed by atoms with Crippen molar-refractivity contribution in [2.24, 2.45) is 5.92 Å². The minimum Gasteiger partial charge on any atom is -0.312 e. The van der Waals surface area contributed by atoms with Gasteiger partial charge < -0.3 is 10.7 Å². The topological polar surface area (TPSA) is 35.9 Å². The fraction of sp³-hybridized carbons (Fsp3) is 0.889. The zero-order chi connectivity index (χ0) is 8.27. The second kappa shape index (κ2) is 3.86. The van der Waals surface area contributed by atoms with Crippen molar-refractivity contribution in [2.45, 2.75) is 38.6 Å². The zero-order valence-electron chi connectivity index (χ0n) is 7.48. The molecule has 0 heterocycles. The third-order valence-electron chi connectivity index (χ3n) is 2.65. The standard InChI is InChI=1S/C9H18N2/c1-7(10)9(11-2)8-5-3-4-6-8/h8-11H,3-6H2,1-2H3. The molecular formula is C9H18N2. The van der Waals surface area contributed by atoms with Crippen LogP contribution in [0.3, 0.4) is 0 Å². The molecule has 0 aromatic heterocycles. The normalized spacial score (nSPS) is 22.0. The van der Waals surface area contributed by atoms with Gasteiger partial charge in [-0.2, -0.15) is 0 Å². The van der Waals surface area contributed by atoms with Crippen LogP contribution in [0.25, 0.3) is 0 Å². The smallest absolute Gasteiger partial charge is 0.0471 e. The van der Waals surface area contributed by atoms with Gasteiger partial charge in [-0.3, -0.25) is 0 Å². The van der Waals surface area contributed by atoms with Crippen LogP contribution in [0.15, 0.2) is 0 Å². The van der Waals surface area contributed by atoms with Gasteiger partial charge in [0.25, 0.3) is 0 Å². The molecule has 1 fully saturated rings. The number of hydrogen-bond donors (Lipinski definition) is 2. The Morgan fingerprint density at radius 1 is 1.45 bits per heavy atom. The molecule has 1 unspecified atom stereocenters. The lowest BCUT2D eigenvalue weighted by molar-refractivity contribution is 0.456. The summed E-state index contributed by atoms with van der Waals surface area (Å²) in [5.41, 5.74) is 0.791. The largest absolute Gasteiger partial charge is 0.312 e. The van der Waals surface area contributed by atoms with Gasteiger partial charge in [-0.15, -0.1) is 0 Å². The molecule has 64 valence electrons. The summed E-state index contributed by atoms with van der Waals surface area (Å²) in [6.45, 7) is 1.90. The van der Waals surface area contributed by atoms with E-state index in [2.05, 4.69) is 5.32 Å². The Morgan fingerprint density at radius 2 is 2.00 bits per heavy atom. The average molecular weight is 154 g/mol. The van der Waals surface area contributed by atoms with Crippen LogP contribution in [0.1, 0.15) is 32.6 Å². The lowest BCUT2D eigenvalue weighted by atomic mass is 9.95. The van der Waals surface area contributed by atoms with Gasteiger partial charge in [-0.25, -0.2) is 0 Å². The molecule has 1 aliphatic carbocycles. The van der Waals surface area contributed by atoms with Gasteiger partial charge in [0.05, 0.1) is 0 Å². The van der Waals surface area contributed by atoms with E-state index >= 15 is 0 Å². The van der Waals surface area contributed by atoms with Crippen LogP contribution in [0.5, 0.6) is 0 Å². The maximum Gasteiger partial charge on any atom is 0.0471 e. The monoisotopic (exact) mass is 154 g/mol. The summed E-state index contributed by atoms with van der Waals surface area (Å²) in [6.07, 6.45) is 5.33. The van der Waals surface area contributed by atoms with E-state index in [1.54, 1.807) is 0 Å². The Kier molecular flexibility index (Phi) is 3.06. The van der Waals surface area contributed by atoms with Crippen molar-refractivity contribution < 1.29 is 0 Å². The molecule has 2 nitrogen and oxygen atoms in total. The molecule has 2 N–H and O–H groups in total. The first-order chi connectivity index (χ1) is 5.25. The molecule has 0 bridgehead atoms. The van der Waals surface area contributed by atoms with Gasteiger partial charge in [-0.1, -0.05) is 12.8 Å². The van der Waals surface area contributed by atoms with Crippen molar-refractivity contribution in [3.63, 3.8) is 0 Å². The van der Waals surface area contributed by atoms with Gasteiger partial charge in [0.1, 0.15) is 0 Å². The van der Waals surface area contributed by atoms with Crippen LogP contribution in [0.4, 0.5) is 0 Å². The van der Waals surface area contributed by atoms with Crippen LogP contribution in [0.2, 0.25) is 0 Å². The van der Waals surface area contributed by atoms with E-state index in [0.717, 1.165) is 11.6 Å². The van der Waals surface area contributed by atoms with Crippen LogP contribution in [0, 0.1) is 11.3 Å². The van der Waals surface area contributed by atoms with Gasteiger partial charge in [0.15, 0.2) is 0 Å². The van der Waals surface area contributed by atoms with E-state index in [0.29, 0.717) is 6.04 Å². The molecule has 0 aliphatic heterocycles.